The van der Waals surface area contributed by atoms with Crippen LogP contribution in [0.15, 0.2) is 46.2 Å². The van der Waals surface area contributed by atoms with Gasteiger partial charge in [-0.25, -0.2) is 0 Å². The summed E-state index contributed by atoms with van der Waals surface area (Å²) in [7, 11) is 0. The molecule has 0 aliphatic rings. The van der Waals surface area contributed by atoms with Gasteiger partial charge in [0.15, 0.2) is 0 Å². The molecule has 2 nitrogen and oxygen atoms in total. The topological polar surface area (TPSA) is 52.0 Å². The molecule has 2 aromatic rings. The number of nitrogens with two attached hydrogens (primary N) is 2. The Morgan fingerprint density at radius 2 is 1.00 bits per heavy atom. The Hall–Kier alpha value is -0.680. The smallest absolute Gasteiger partial charge is 0.0450 e. The third-order valence-corrected chi connectivity index (χ3v) is 3.17. The fraction of sp³-hybridized carbons (Fsp3) is 0. The van der Waals surface area contributed by atoms with Crippen molar-refractivity contribution >= 4 is 61.4 Å². The zero-order valence-electron chi connectivity index (χ0n) is 9.33. The fourth-order valence-electron chi connectivity index (χ4n) is 1.45. The van der Waals surface area contributed by atoms with Crippen LogP contribution in [0, 0.1) is 0 Å². The van der Waals surface area contributed by atoms with Crippen LogP contribution in [0.5, 0.6) is 0 Å². The number of halogens is 2. The fourth-order valence-corrected chi connectivity index (χ4v) is 1.87. The number of anilines is 2. The molecular weight excluding hydrogens is 307 g/mol. The van der Waals surface area contributed by atoms with Crippen molar-refractivity contribution in [2.75, 3.05) is 11.5 Å². The van der Waals surface area contributed by atoms with Gasteiger partial charge in [0.2, 0.25) is 0 Å². The molecule has 0 heterocycles. The zero-order chi connectivity index (χ0) is 11.7. The lowest BCUT2D eigenvalue weighted by Crippen LogP contribution is -1.89. The van der Waals surface area contributed by atoms with Gasteiger partial charge in [-0.1, -0.05) is 12.1 Å². The van der Waals surface area contributed by atoms with Crippen molar-refractivity contribution in [2.24, 2.45) is 0 Å². The molecule has 0 saturated carbocycles. The second-order valence-corrected chi connectivity index (χ2v) is 4.51. The normalized spacial score (nSPS) is 9.22. The van der Waals surface area contributed by atoms with Crippen molar-refractivity contribution in [3.63, 3.8) is 0 Å². The lowest BCUT2D eigenvalue weighted by Gasteiger charge is -2.07. The van der Waals surface area contributed by atoms with Gasteiger partial charge in [0.25, 0.3) is 0 Å². The largest absolute Gasteiger partial charge is 0.398 e. The summed E-state index contributed by atoms with van der Waals surface area (Å²) in [5, 5.41) is 0. The van der Waals surface area contributed by atoms with E-state index < -0.39 is 0 Å². The van der Waals surface area contributed by atoms with Crippen LogP contribution in [0.25, 0.3) is 11.1 Å². The Bertz CT molecular complexity index is 498. The summed E-state index contributed by atoms with van der Waals surface area (Å²) in [4.78, 5) is 1.55. The maximum atomic E-state index is 5.71. The molecule has 0 radical (unpaired) electrons. The minimum absolute atomic E-state index is 0. The summed E-state index contributed by atoms with van der Waals surface area (Å²) in [6, 6.07) is 11.4. The van der Waals surface area contributed by atoms with Crippen LogP contribution in [-0.4, -0.2) is 0 Å². The van der Waals surface area contributed by atoms with Crippen molar-refractivity contribution in [1.82, 2.24) is 0 Å². The molecule has 0 spiro atoms. The monoisotopic (exact) mass is 320 g/mol. The molecule has 0 aliphatic heterocycles. The highest BCUT2D eigenvalue weighted by Gasteiger charge is 2.02. The Balaban J connectivity index is 0.00000144. The highest BCUT2D eigenvalue weighted by molar-refractivity contribution is 7.80. The Morgan fingerprint density at radius 3 is 1.28 bits per heavy atom. The van der Waals surface area contributed by atoms with E-state index in [1.165, 1.54) is 0 Å². The molecule has 0 fully saturated rings. The van der Waals surface area contributed by atoms with Crippen LogP contribution in [-0.2, 0) is 0 Å². The molecular formula is C12H14Cl2N2S2. The van der Waals surface area contributed by atoms with Crippen LogP contribution in [0.3, 0.4) is 0 Å². The van der Waals surface area contributed by atoms with E-state index in [0.29, 0.717) is 11.4 Å². The maximum Gasteiger partial charge on any atom is 0.0450 e. The van der Waals surface area contributed by atoms with E-state index in [1.54, 1.807) is 0 Å². The van der Waals surface area contributed by atoms with E-state index >= 15 is 0 Å². The maximum absolute atomic E-state index is 5.71. The van der Waals surface area contributed by atoms with Gasteiger partial charge in [-0.3, -0.25) is 0 Å². The van der Waals surface area contributed by atoms with E-state index in [9.17, 15) is 0 Å². The number of hydrogen-bond donors (Lipinski definition) is 4. The van der Waals surface area contributed by atoms with Crippen molar-refractivity contribution in [3.05, 3.63) is 36.4 Å². The second kappa shape index (κ2) is 7.04. The summed E-state index contributed by atoms with van der Waals surface area (Å²) in [5.41, 5.74) is 14.9. The number of thiol groups is 2. The van der Waals surface area contributed by atoms with Crippen LogP contribution >= 0.6 is 50.1 Å². The quantitative estimate of drug-likeness (QED) is 0.475. The third kappa shape index (κ3) is 3.65. The predicted octanol–water partition coefficient (Wildman–Crippen LogP) is 3.94. The molecule has 0 saturated heterocycles. The highest BCUT2D eigenvalue weighted by Crippen LogP contribution is 2.29. The summed E-state index contributed by atoms with van der Waals surface area (Å²) in [6.07, 6.45) is 0. The zero-order valence-corrected chi connectivity index (χ0v) is 12.8. The highest BCUT2D eigenvalue weighted by atomic mass is 35.5. The predicted molar refractivity (Wildman–Crippen MR) is 89.7 cm³/mol. The standard InChI is InChI=1S/C12H12N2S2.2ClH/c13-9-3-1-7(5-11(9)15)8-2-4-10(14)12(16)6-8;;/h1-6,15-16H,13-14H2;2*1H. The van der Waals surface area contributed by atoms with E-state index in [4.69, 9.17) is 11.5 Å². The van der Waals surface area contributed by atoms with Crippen LogP contribution in [0.2, 0.25) is 0 Å². The molecule has 4 N–H and O–H groups in total. The van der Waals surface area contributed by atoms with Crippen LogP contribution < -0.4 is 11.5 Å². The summed E-state index contributed by atoms with van der Waals surface area (Å²) < 4.78 is 0. The molecule has 0 unspecified atom stereocenters. The van der Waals surface area contributed by atoms with Crippen molar-refractivity contribution in [2.45, 2.75) is 9.79 Å². The minimum Gasteiger partial charge on any atom is -0.398 e. The molecule has 0 atom stereocenters. The Labute approximate surface area is 130 Å². The Morgan fingerprint density at radius 1 is 0.667 bits per heavy atom. The van der Waals surface area contributed by atoms with Crippen LogP contribution in [0.4, 0.5) is 11.4 Å². The van der Waals surface area contributed by atoms with Gasteiger partial charge in [-0.15, -0.1) is 50.1 Å². The molecule has 0 aliphatic carbocycles. The average molecular weight is 321 g/mol. The lowest BCUT2D eigenvalue weighted by molar-refractivity contribution is 1.43. The molecule has 0 aromatic heterocycles. The van der Waals surface area contributed by atoms with E-state index in [0.717, 1.165) is 20.9 Å². The van der Waals surface area contributed by atoms with E-state index in [-0.39, 0.29) is 24.8 Å². The van der Waals surface area contributed by atoms with Gasteiger partial charge >= 0.3 is 0 Å². The van der Waals surface area contributed by atoms with Gasteiger partial charge < -0.3 is 11.5 Å². The number of benzene rings is 2. The minimum atomic E-state index is 0. The molecule has 98 valence electrons. The average Bonchev–Trinajstić information content (AvgIpc) is 2.26. The SMILES string of the molecule is Cl.Cl.Nc1ccc(-c2ccc(N)c(S)c2)cc1S. The summed E-state index contributed by atoms with van der Waals surface area (Å²) in [5.74, 6) is 0. The first-order valence-electron chi connectivity index (χ1n) is 4.75. The van der Waals surface area contributed by atoms with Crippen LogP contribution in [0.1, 0.15) is 0 Å². The van der Waals surface area contributed by atoms with Gasteiger partial charge in [0.1, 0.15) is 0 Å². The number of nitrogen functional groups attached to an aromatic ring is 2. The molecule has 0 bridgehead atoms. The number of rotatable bonds is 1. The molecule has 2 rings (SSSR count). The lowest BCUT2D eigenvalue weighted by atomic mass is 10.1. The second-order valence-electron chi connectivity index (χ2n) is 3.55. The van der Waals surface area contributed by atoms with Gasteiger partial charge in [-0.05, 0) is 35.4 Å². The van der Waals surface area contributed by atoms with Gasteiger partial charge in [0, 0.05) is 21.2 Å². The molecule has 0 amide bonds. The van der Waals surface area contributed by atoms with Crippen molar-refractivity contribution < 1.29 is 0 Å². The first-order valence-corrected chi connectivity index (χ1v) is 5.65. The first kappa shape index (κ1) is 17.3. The number of hydrogen-bond acceptors (Lipinski definition) is 4. The summed E-state index contributed by atoms with van der Waals surface area (Å²) >= 11 is 8.59. The first-order chi connectivity index (χ1) is 7.58. The van der Waals surface area contributed by atoms with Gasteiger partial charge in [0.05, 0.1) is 0 Å². The van der Waals surface area contributed by atoms with Crippen molar-refractivity contribution in [1.29, 1.82) is 0 Å². The summed E-state index contributed by atoms with van der Waals surface area (Å²) in [6.45, 7) is 0. The van der Waals surface area contributed by atoms with Crippen molar-refractivity contribution in [3.8, 4) is 11.1 Å². The molecule has 2 aromatic carbocycles. The van der Waals surface area contributed by atoms with Gasteiger partial charge in [-0.2, -0.15) is 0 Å². The van der Waals surface area contributed by atoms with E-state index in [2.05, 4.69) is 25.3 Å². The third-order valence-electron chi connectivity index (χ3n) is 2.39. The molecule has 6 heteroatoms. The Kier molecular flexibility index (Phi) is 6.78. The van der Waals surface area contributed by atoms with E-state index in [1.807, 2.05) is 36.4 Å². The molecule has 18 heavy (non-hydrogen) atoms.